The third kappa shape index (κ3) is 4.87. The van der Waals surface area contributed by atoms with E-state index in [0.717, 1.165) is 45.1 Å². The van der Waals surface area contributed by atoms with E-state index >= 15 is 0 Å². The topological polar surface area (TPSA) is 118 Å². The molecule has 1 saturated carbocycles. The number of likely N-dealkylation sites (tertiary alicyclic amines) is 1. The van der Waals surface area contributed by atoms with Crippen LogP contribution in [0.3, 0.4) is 0 Å². The smallest absolute Gasteiger partial charge is 0.221 e. The van der Waals surface area contributed by atoms with Crippen LogP contribution in [0.2, 0.25) is 0 Å². The molecule has 0 unspecified atom stereocenters. The molecule has 3 heterocycles. The van der Waals surface area contributed by atoms with Gasteiger partial charge in [-0.05, 0) is 65.5 Å². The van der Waals surface area contributed by atoms with E-state index in [-0.39, 0.29) is 41.3 Å². The van der Waals surface area contributed by atoms with Gasteiger partial charge >= 0.3 is 0 Å². The molecular formula is C27H38N4O5. The van der Waals surface area contributed by atoms with Crippen molar-refractivity contribution in [2.24, 2.45) is 5.41 Å². The molecule has 36 heavy (non-hydrogen) atoms. The van der Waals surface area contributed by atoms with Crippen LogP contribution >= 0.6 is 0 Å². The Morgan fingerprint density at radius 1 is 1.19 bits per heavy atom. The van der Waals surface area contributed by atoms with Crippen LogP contribution in [0.1, 0.15) is 77.0 Å². The third-order valence-corrected chi connectivity index (χ3v) is 8.37. The van der Waals surface area contributed by atoms with E-state index in [2.05, 4.69) is 21.9 Å². The summed E-state index contributed by atoms with van der Waals surface area (Å²) >= 11 is 0. The lowest BCUT2D eigenvalue weighted by Crippen LogP contribution is -2.39. The number of ketones is 1. The molecule has 2 N–H and O–H groups in total. The van der Waals surface area contributed by atoms with E-state index < -0.39 is 5.41 Å². The number of Topliss-reactive ketones (excluding diaryl/α,β-unsaturated/α-hetero) is 1. The first-order valence-corrected chi connectivity index (χ1v) is 13.4. The molecule has 2 saturated heterocycles. The normalized spacial score (nSPS) is 30.1. The number of nitrogens with one attached hydrogen (secondary N) is 1. The number of aliphatic hydroxyl groups excluding tert-OH is 1. The standard InChI is InChI=1S/C27H38N4O5/c1-17(20-8-6-13-31(20)2)35-22-15-23(36-18-10-14-34-16-18)30-26(29-22)24(28)19-7-5-12-27(25(19)33)11-4-3-9-21(27)32/h15,17-18,20,28,33H,3-14,16H2,1-2H3/t17-,18-,20-,27+/m0/s1. The molecule has 9 heteroatoms. The van der Waals surface area contributed by atoms with E-state index in [0.29, 0.717) is 56.2 Å². The maximum Gasteiger partial charge on any atom is 0.221 e. The number of nitrogens with zero attached hydrogens (tertiary/aromatic N) is 3. The molecule has 4 aliphatic rings. The minimum atomic E-state index is -0.853. The lowest BCUT2D eigenvalue weighted by molar-refractivity contribution is -0.131. The van der Waals surface area contributed by atoms with Crippen LogP contribution in [0.25, 0.3) is 0 Å². The van der Waals surface area contributed by atoms with Crippen LogP contribution < -0.4 is 9.47 Å². The molecule has 3 fully saturated rings. The molecule has 1 aromatic rings. The molecule has 2 aliphatic carbocycles. The van der Waals surface area contributed by atoms with Crippen molar-refractivity contribution in [3.8, 4) is 11.8 Å². The Balaban J connectivity index is 1.46. The van der Waals surface area contributed by atoms with Gasteiger partial charge in [0.15, 0.2) is 5.82 Å². The number of rotatable bonds is 7. The van der Waals surface area contributed by atoms with Gasteiger partial charge in [-0.15, -0.1) is 0 Å². The van der Waals surface area contributed by atoms with Crippen molar-refractivity contribution in [2.75, 3.05) is 26.8 Å². The Hall–Kier alpha value is -2.52. The summed E-state index contributed by atoms with van der Waals surface area (Å²) in [4.78, 5) is 24.3. The van der Waals surface area contributed by atoms with E-state index in [4.69, 9.17) is 19.6 Å². The van der Waals surface area contributed by atoms with Gasteiger partial charge in [-0.2, -0.15) is 9.97 Å². The molecule has 1 spiro atoms. The van der Waals surface area contributed by atoms with E-state index in [1.165, 1.54) is 0 Å². The Morgan fingerprint density at radius 2 is 2.00 bits per heavy atom. The van der Waals surface area contributed by atoms with Gasteiger partial charge in [0.25, 0.3) is 0 Å². The van der Waals surface area contributed by atoms with Gasteiger partial charge in [-0.3, -0.25) is 15.1 Å². The highest BCUT2D eigenvalue weighted by Crippen LogP contribution is 2.48. The van der Waals surface area contributed by atoms with Crippen molar-refractivity contribution in [1.82, 2.24) is 14.9 Å². The number of aromatic nitrogens is 2. The predicted octanol–water partition coefficient (Wildman–Crippen LogP) is 4.00. The highest BCUT2D eigenvalue weighted by Gasteiger charge is 2.47. The summed E-state index contributed by atoms with van der Waals surface area (Å²) in [6, 6.07) is 1.97. The second-order valence-electron chi connectivity index (χ2n) is 10.8. The van der Waals surface area contributed by atoms with E-state index in [9.17, 15) is 9.90 Å². The fraction of sp³-hybridized carbons (Fsp3) is 0.704. The number of aliphatic hydroxyl groups is 1. The molecule has 196 valence electrons. The summed E-state index contributed by atoms with van der Waals surface area (Å²) in [5.41, 5.74) is -0.352. The van der Waals surface area contributed by atoms with Crippen molar-refractivity contribution in [3.63, 3.8) is 0 Å². The largest absolute Gasteiger partial charge is 0.511 e. The zero-order valence-electron chi connectivity index (χ0n) is 21.4. The van der Waals surface area contributed by atoms with Gasteiger partial charge in [0.05, 0.1) is 24.7 Å². The Morgan fingerprint density at radius 3 is 2.72 bits per heavy atom. The predicted molar refractivity (Wildman–Crippen MR) is 134 cm³/mol. The number of likely N-dealkylation sites (N-methyl/N-ethyl adjacent to an activating group) is 1. The summed E-state index contributed by atoms with van der Waals surface area (Å²) in [7, 11) is 2.11. The number of allylic oxidation sites excluding steroid dienone is 2. The maximum absolute atomic E-state index is 12.9. The summed E-state index contributed by atoms with van der Waals surface area (Å²) in [5.74, 6) is 0.975. The second-order valence-corrected chi connectivity index (χ2v) is 10.8. The van der Waals surface area contributed by atoms with Gasteiger partial charge in [0, 0.05) is 24.5 Å². The van der Waals surface area contributed by atoms with Gasteiger partial charge in [-0.25, -0.2) is 0 Å². The number of hydrogen-bond acceptors (Lipinski definition) is 9. The first kappa shape index (κ1) is 25.1. The Kier molecular flexibility index (Phi) is 7.30. The Bertz CT molecular complexity index is 1040. The van der Waals surface area contributed by atoms with Gasteiger partial charge in [-0.1, -0.05) is 6.42 Å². The van der Waals surface area contributed by atoms with E-state index in [1.807, 2.05) is 6.92 Å². The SMILES string of the molecule is C[C@H](Oc1cc(O[C@H]2CCOC2)nc(C(=N)C2=C(O)[C@]3(CCCCC3=O)CCC2)n1)[C@@H]1CCCN1C. The molecule has 2 aliphatic heterocycles. The fourth-order valence-electron chi connectivity index (χ4n) is 6.29. The van der Waals surface area contributed by atoms with Crippen LogP contribution in [0, 0.1) is 10.8 Å². The number of carbonyl (C=O) groups is 1. The lowest BCUT2D eigenvalue weighted by atomic mass is 9.64. The van der Waals surface area contributed by atoms with Crippen molar-refractivity contribution in [1.29, 1.82) is 5.41 Å². The molecule has 0 bridgehead atoms. The molecule has 5 rings (SSSR count). The van der Waals surface area contributed by atoms with Crippen LogP contribution in [-0.4, -0.2) is 76.5 Å². The van der Waals surface area contributed by atoms with Crippen molar-refractivity contribution >= 4 is 11.5 Å². The summed E-state index contributed by atoms with van der Waals surface area (Å²) in [6.07, 6.45) is 7.56. The molecule has 0 radical (unpaired) electrons. The molecule has 9 nitrogen and oxygen atoms in total. The van der Waals surface area contributed by atoms with E-state index in [1.54, 1.807) is 6.07 Å². The van der Waals surface area contributed by atoms with Gasteiger partial charge in [0.2, 0.25) is 11.8 Å². The van der Waals surface area contributed by atoms with Gasteiger partial charge < -0.3 is 19.3 Å². The summed E-state index contributed by atoms with van der Waals surface area (Å²) in [5, 5.41) is 20.3. The van der Waals surface area contributed by atoms with Crippen molar-refractivity contribution in [3.05, 3.63) is 23.2 Å². The van der Waals surface area contributed by atoms with Crippen LogP contribution in [0.15, 0.2) is 17.4 Å². The molecule has 4 atom stereocenters. The first-order chi connectivity index (χ1) is 17.4. The van der Waals surface area contributed by atoms with Gasteiger partial charge in [0.1, 0.15) is 29.5 Å². The zero-order valence-corrected chi connectivity index (χ0v) is 21.4. The van der Waals surface area contributed by atoms with Crippen molar-refractivity contribution < 1.29 is 24.1 Å². The molecule has 1 aromatic heterocycles. The summed E-state index contributed by atoms with van der Waals surface area (Å²) < 4.78 is 17.8. The molecule has 0 amide bonds. The molecule has 0 aromatic carbocycles. The fourth-order valence-corrected chi connectivity index (χ4v) is 6.29. The minimum Gasteiger partial charge on any atom is -0.511 e. The van der Waals surface area contributed by atoms with Crippen LogP contribution in [0.5, 0.6) is 11.8 Å². The monoisotopic (exact) mass is 498 g/mol. The van der Waals surface area contributed by atoms with Crippen LogP contribution in [-0.2, 0) is 9.53 Å². The average molecular weight is 499 g/mol. The lowest BCUT2D eigenvalue weighted by Gasteiger charge is -2.39. The Labute approximate surface area is 212 Å². The quantitative estimate of drug-likeness (QED) is 0.542. The number of hydrogen-bond donors (Lipinski definition) is 2. The first-order valence-electron chi connectivity index (χ1n) is 13.4. The average Bonchev–Trinajstić information content (AvgIpc) is 3.53. The third-order valence-electron chi connectivity index (χ3n) is 8.37. The summed E-state index contributed by atoms with van der Waals surface area (Å²) in [6.45, 7) is 4.22. The minimum absolute atomic E-state index is 0.0357. The maximum atomic E-state index is 12.9. The number of carbonyl (C=O) groups excluding carboxylic acids is 1. The zero-order chi connectivity index (χ0) is 25.3. The highest BCUT2D eigenvalue weighted by molar-refractivity contribution is 6.09. The second kappa shape index (κ2) is 10.5. The number of ether oxygens (including phenoxy) is 3. The highest BCUT2D eigenvalue weighted by atomic mass is 16.6. The van der Waals surface area contributed by atoms with Crippen molar-refractivity contribution in [2.45, 2.75) is 89.4 Å². The molecular weight excluding hydrogens is 460 g/mol. The van der Waals surface area contributed by atoms with Crippen LogP contribution in [0.4, 0.5) is 0 Å².